The maximum Gasteiger partial charge on any atom is 0.264 e. The predicted molar refractivity (Wildman–Crippen MR) is 94.8 cm³/mol. The lowest BCUT2D eigenvalue weighted by molar-refractivity contribution is -0.121. The summed E-state index contributed by atoms with van der Waals surface area (Å²) < 4.78 is 4.55. The van der Waals surface area contributed by atoms with Gasteiger partial charge in [0.05, 0.1) is 23.5 Å². The Morgan fingerprint density at radius 1 is 1.31 bits per heavy atom. The van der Waals surface area contributed by atoms with Gasteiger partial charge in [-0.15, -0.1) is 0 Å². The Morgan fingerprint density at radius 2 is 2.15 bits per heavy atom. The van der Waals surface area contributed by atoms with Gasteiger partial charge in [-0.05, 0) is 12.1 Å². The zero-order valence-electron chi connectivity index (χ0n) is 13.8. The van der Waals surface area contributed by atoms with Crippen molar-refractivity contribution in [2.45, 2.75) is 13.1 Å². The number of nitrogens with one attached hydrogen (secondary N) is 1. The van der Waals surface area contributed by atoms with Gasteiger partial charge in [0.15, 0.2) is 5.65 Å². The predicted octanol–water partition coefficient (Wildman–Crippen LogP) is 0.747. The molecule has 0 aromatic carbocycles. The van der Waals surface area contributed by atoms with Crippen LogP contribution in [0.3, 0.4) is 0 Å². The number of hydrogen-bond donors (Lipinski definition) is 1. The Morgan fingerprint density at radius 3 is 3.00 bits per heavy atom. The van der Waals surface area contributed by atoms with Crippen LogP contribution in [0.4, 0.5) is 0 Å². The van der Waals surface area contributed by atoms with Crippen molar-refractivity contribution in [3.63, 3.8) is 0 Å². The molecule has 4 aromatic rings. The molecule has 0 radical (unpaired) electrons. The van der Waals surface area contributed by atoms with Gasteiger partial charge in [0.2, 0.25) is 5.91 Å². The second-order valence-electron chi connectivity index (χ2n) is 5.80. The van der Waals surface area contributed by atoms with E-state index in [0.717, 1.165) is 5.65 Å². The summed E-state index contributed by atoms with van der Waals surface area (Å²) in [6, 6.07) is 3.54. The fourth-order valence-corrected chi connectivity index (χ4v) is 2.85. The van der Waals surface area contributed by atoms with Crippen LogP contribution in [0.25, 0.3) is 16.7 Å². The zero-order chi connectivity index (χ0) is 18.3. The number of pyridine rings is 1. The van der Waals surface area contributed by atoms with Gasteiger partial charge in [-0.2, -0.15) is 5.10 Å². The average molecular weight is 372 g/mol. The highest BCUT2D eigenvalue weighted by Gasteiger charge is 2.11. The van der Waals surface area contributed by atoms with E-state index in [4.69, 9.17) is 11.6 Å². The summed E-state index contributed by atoms with van der Waals surface area (Å²) in [4.78, 5) is 33.1. The highest BCUT2D eigenvalue weighted by molar-refractivity contribution is 6.30. The quantitative estimate of drug-likeness (QED) is 0.570. The minimum atomic E-state index is -0.313. The van der Waals surface area contributed by atoms with Crippen LogP contribution in [0.1, 0.15) is 5.69 Å². The largest absolute Gasteiger partial charge is 0.349 e. The molecular weight excluding hydrogens is 358 g/mol. The first kappa shape index (κ1) is 16.3. The summed E-state index contributed by atoms with van der Waals surface area (Å²) in [5, 5.41) is 7.72. The highest BCUT2D eigenvalue weighted by Crippen LogP contribution is 2.11. The highest BCUT2D eigenvalue weighted by atomic mass is 35.5. The zero-order valence-corrected chi connectivity index (χ0v) is 14.5. The monoisotopic (exact) mass is 371 g/mol. The maximum absolute atomic E-state index is 12.4. The summed E-state index contributed by atoms with van der Waals surface area (Å²) in [6.45, 7) is 0.116. The standard InChI is InChI=1S/C16H14ClN7O2/c1-22-15-12(5-20-22)16(26)24(9-19-15)8-14(25)18-4-11-7-23-6-10(17)2-3-13(23)21-11/h2-3,5-7,9H,4,8H2,1H3,(H,18,25). The second kappa shape index (κ2) is 6.26. The Balaban J connectivity index is 1.46. The molecule has 26 heavy (non-hydrogen) atoms. The van der Waals surface area contributed by atoms with E-state index in [1.165, 1.54) is 21.8 Å². The second-order valence-corrected chi connectivity index (χ2v) is 6.24. The minimum Gasteiger partial charge on any atom is -0.349 e. The molecule has 4 aromatic heterocycles. The Hall–Kier alpha value is -3.20. The van der Waals surface area contributed by atoms with E-state index in [0.29, 0.717) is 21.7 Å². The topological polar surface area (TPSA) is 99.1 Å². The number of amides is 1. The van der Waals surface area contributed by atoms with Crippen LogP contribution in [0, 0.1) is 0 Å². The summed E-state index contributed by atoms with van der Waals surface area (Å²) >= 11 is 5.94. The molecule has 4 rings (SSSR count). The van der Waals surface area contributed by atoms with E-state index >= 15 is 0 Å². The van der Waals surface area contributed by atoms with E-state index in [9.17, 15) is 9.59 Å². The molecule has 1 N–H and O–H groups in total. The van der Waals surface area contributed by atoms with E-state index in [1.54, 1.807) is 36.0 Å². The molecule has 4 heterocycles. The van der Waals surface area contributed by atoms with Crippen molar-refractivity contribution in [1.29, 1.82) is 0 Å². The fraction of sp³-hybridized carbons (Fsp3) is 0.188. The van der Waals surface area contributed by atoms with Crippen LogP contribution in [0.15, 0.2) is 41.8 Å². The van der Waals surface area contributed by atoms with Crippen molar-refractivity contribution in [1.82, 2.24) is 34.0 Å². The number of aryl methyl sites for hydroxylation is 1. The number of carbonyl (C=O) groups is 1. The number of rotatable bonds is 4. The van der Waals surface area contributed by atoms with Crippen LogP contribution >= 0.6 is 11.6 Å². The van der Waals surface area contributed by atoms with E-state index in [2.05, 4.69) is 20.4 Å². The number of imidazole rings is 1. The first-order valence-electron chi connectivity index (χ1n) is 7.78. The van der Waals surface area contributed by atoms with E-state index < -0.39 is 0 Å². The molecule has 0 saturated heterocycles. The van der Waals surface area contributed by atoms with Gasteiger partial charge < -0.3 is 9.72 Å². The summed E-state index contributed by atoms with van der Waals surface area (Å²) in [5.74, 6) is -0.313. The molecular formula is C16H14ClN7O2. The number of halogens is 1. The van der Waals surface area contributed by atoms with Gasteiger partial charge in [0, 0.05) is 19.4 Å². The maximum atomic E-state index is 12.4. The third-order valence-corrected chi connectivity index (χ3v) is 4.19. The lowest BCUT2D eigenvalue weighted by Crippen LogP contribution is -2.32. The van der Waals surface area contributed by atoms with E-state index in [1.807, 2.05) is 0 Å². The van der Waals surface area contributed by atoms with Crippen molar-refractivity contribution < 1.29 is 4.79 Å². The van der Waals surface area contributed by atoms with Crippen LogP contribution in [-0.2, 0) is 24.9 Å². The molecule has 132 valence electrons. The number of carbonyl (C=O) groups excluding carboxylic acids is 1. The third kappa shape index (κ3) is 2.93. The average Bonchev–Trinajstić information content (AvgIpc) is 3.19. The van der Waals surface area contributed by atoms with Gasteiger partial charge in [-0.25, -0.2) is 9.97 Å². The lowest BCUT2D eigenvalue weighted by Gasteiger charge is -2.06. The SMILES string of the molecule is Cn1ncc2c(=O)n(CC(=O)NCc3cn4cc(Cl)ccc4n3)cnc21. The van der Waals surface area contributed by atoms with Crippen LogP contribution in [0.5, 0.6) is 0 Å². The fourth-order valence-electron chi connectivity index (χ4n) is 2.68. The van der Waals surface area contributed by atoms with Gasteiger partial charge in [0.25, 0.3) is 5.56 Å². The smallest absolute Gasteiger partial charge is 0.264 e. The molecule has 0 spiro atoms. The molecule has 0 atom stereocenters. The molecule has 9 nitrogen and oxygen atoms in total. The van der Waals surface area contributed by atoms with Crippen molar-refractivity contribution in [2.24, 2.45) is 7.05 Å². The normalized spacial score (nSPS) is 11.3. The third-order valence-electron chi connectivity index (χ3n) is 3.96. The Bertz CT molecular complexity index is 1190. The molecule has 0 fully saturated rings. The molecule has 0 aliphatic carbocycles. The summed E-state index contributed by atoms with van der Waals surface area (Å²) in [6.07, 6.45) is 6.32. The molecule has 0 aliphatic rings. The molecule has 1 amide bonds. The first-order chi connectivity index (χ1) is 12.5. The Kier molecular flexibility index (Phi) is 3.92. The number of hydrogen-bond acceptors (Lipinski definition) is 5. The Labute approximate surface area is 151 Å². The van der Waals surface area contributed by atoms with Crippen LogP contribution in [0.2, 0.25) is 5.02 Å². The van der Waals surface area contributed by atoms with Crippen molar-refractivity contribution in [3.8, 4) is 0 Å². The lowest BCUT2D eigenvalue weighted by atomic mass is 10.4. The number of aromatic nitrogens is 6. The van der Waals surface area contributed by atoms with Gasteiger partial charge in [-0.3, -0.25) is 18.8 Å². The van der Waals surface area contributed by atoms with E-state index in [-0.39, 0.29) is 24.6 Å². The molecule has 0 bridgehead atoms. The van der Waals surface area contributed by atoms with Crippen LogP contribution in [-0.4, -0.2) is 34.6 Å². The molecule has 0 unspecified atom stereocenters. The minimum absolute atomic E-state index is 0.129. The molecule has 10 heteroatoms. The number of fused-ring (bicyclic) bond motifs is 2. The van der Waals surface area contributed by atoms with Crippen LogP contribution < -0.4 is 10.9 Å². The van der Waals surface area contributed by atoms with Gasteiger partial charge >= 0.3 is 0 Å². The van der Waals surface area contributed by atoms with Crippen molar-refractivity contribution in [3.05, 3.63) is 58.1 Å². The van der Waals surface area contributed by atoms with Gasteiger partial charge in [0.1, 0.15) is 23.9 Å². The first-order valence-corrected chi connectivity index (χ1v) is 8.16. The molecule has 0 aliphatic heterocycles. The van der Waals surface area contributed by atoms with Gasteiger partial charge in [-0.1, -0.05) is 11.6 Å². The van der Waals surface area contributed by atoms with Crippen molar-refractivity contribution >= 4 is 34.2 Å². The summed E-state index contributed by atoms with van der Waals surface area (Å²) in [5.41, 5.74) is 1.60. The van der Waals surface area contributed by atoms with Crippen molar-refractivity contribution in [2.75, 3.05) is 0 Å². The summed E-state index contributed by atoms with van der Waals surface area (Å²) in [7, 11) is 1.70. The number of nitrogens with zero attached hydrogens (tertiary/aromatic N) is 6. The molecule has 0 saturated carbocycles.